The highest BCUT2D eigenvalue weighted by atomic mass is 19.4. The van der Waals surface area contributed by atoms with E-state index >= 15 is 0 Å². The summed E-state index contributed by atoms with van der Waals surface area (Å²) >= 11 is 0. The van der Waals surface area contributed by atoms with Crippen LogP contribution in [0.3, 0.4) is 0 Å². The molecule has 0 saturated carbocycles. The Bertz CT molecular complexity index is 474. The summed E-state index contributed by atoms with van der Waals surface area (Å²) in [5.41, 5.74) is -0.250. The quantitative estimate of drug-likeness (QED) is 0.927. The molecule has 2 rings (SSSR count). The highest BCUT2D eigenvalue weighted by molar-refractivity contribution is 5.56. The Labute approximate surface area is 122 Å². The molecule has 1 aliphatic rings. The van der Waals surface area contributed by atoms with Crippen LogP contribution in [0.5, 0.6) is 0 Å². The lowest BCUT2D eigenvalue weighted by atomic mass is 10.0. The number of ether oxygens (including phenoxy) is 1. The van der Waals surface area contributed by atoms with E-state index in [-0.39, 0.29) is 17.4 Å². The van der Waals surface area contributed by atoms with Crippen LogP contribution in [-0.4, -0.2) is 30.9 Å². The predicted octanol–water partition coefficient (Wildman–Crippen LogP) is 3.20. The van der Waals surface area contributed by atoms with Gasteiger partial charge in [-0.3, -0.25) is 0 Å². The molecule has 1 unspecified atom stereocenters. The van der Waals surface area contributed by atoms with Crippen LogP contribution in [0.25, 0.3) is 0 Å². The fraction of sp³-hybridized carbons (Fsp3) is 0.600. The first-order chi connectivity index (χ1) is 9.95. The number of hydrogen-bond acceptors (Lipinski definition) is 3. The molecule has 0 aliphatic carbocycles. The summed E-state index contributed by atoms with van der Waals surface area (Å²) in [7, 11) is 0. The molecule has 1 aromatic rings. The van der Waals surface area contributed by atoms with E-state index in [0.29, 0.717) is 19.7 Å². The van der Waals surface area contributed by atoms with Gasteiger partial charge in [0.2, 0.25) is 0 Å². The van der Waals surface area contributed by atoms with E-state index in [1.165, 1.54) is 12.1 Å². The number of hydrogen-bond donors (Lipinski definition) is 1. The van der Waals surface area contributed by atoms with Gasteiger partial charge in [0.1, 0.15) is 0 Å². The number of benzene rings is 1. The summed E-state index contributed by atoms with van der Waals surface area (Å²) in [6.45, 7) is 3.11. The Hall–Kier alpha value is -1.27. The summed E-state index contributed by atoms with van der Waals surface area (Å²) in [4.78, 5) is 1.73. The van der Waals surface area contributed by atoms with E-state index in [2.05, 4.69) is 0 Å². The molecule has 0 amide bonds. The van der Waals surface area contributed by atoms with E-state index in [4.69, 9.17) is 9.84 Å². The molecule has 21 heavy (non-hydrogen) atoms. The molecule has 1 aliphatic heterocycles. The molecule has 6 heteroatoms. The van der Waals surface area contributed by atoms with Crippen LogP contribution < -0.4 is 4.90 Å². The summed E-state index contributed by atoms with van der Waals surface area (Å²) in [5.74, 6) is 0. The SMILES string of the molecule is CCOC1CCCN(c2ccc(CO)cc2C(F)(F)F)C1. The number of aliphatic hydroxyl groups is 1. The number of piperidine rings is 1. The Balaban J connectivity index is 2.29. The zero-order chi connectivity index (χ0) is 15.5. The Morgan fingerprint density at radius 2 is 2.14 bits per heavy atom. The fourth-order valence-electron chi connectivity index (χ4n) is 2.71. The van der Waals surface area contributed by atoms with Crippen molar-refractivity contribution in [1.29, 1.82) is 0 Å². The average molecular weight is 303 g/mol. The topological polar surface area (TPSA) is 32.7 Å². The molecule has 0 aromatic heterocycles. The molecular weight excluding hydrogens is 283 g/mol. The van der Waals surface area contributed by atoms with E-state index in [0.717, 1.165) is 18.9 Å². The molecule has 3 nitrogen and oxygen atoms in total. The van der Waals surface area contributed by atoms with Crippen LogP contribution in [-0.2, 0) is 17.5 Å². The molecule has 0 bridgehead atoms. The summed E-state index contributed by atoms with van der Waals surface area (Å²) in [6.07, 6.45) is -2.77. The van der Waals surface area contributed by atoms with Gasteiger partial charge in [-0.25, -0.2) is 0 Å². The van der Waals surface area contributed by atoms with Crippen LogP contribution in [0.1, 0.15) is 30.9 Å². The predicted molar refractivity (Wildman–Crippen MR) is 74.2 cm³/mol. The molecule has 118 valence electrons. The zero-order valence-electron chi connectivity index (χ0n) is 12.0. The van der Waals surface area contributed by atoms with Crippen LogP contribution in [0.2, 0.25) is 0 Å². The van der Waals surface area contributed by atoms with Crippen LogP contribution in [0, 0.1) is 0 Å². The van der Waals surface area contributed by atoms with Gasteiger partial charge in [-0.2, -0.15) is 13.2 Å². The van der Waals surface area contributed by atoms with Gasteiger partial charge in [0.15, 0.2) is 0 Å². The fourth-order valence-corrected chi connectivity index (χ4v) is 2.71. The number of halogens is 3. The van der Waals surface area contributed by atoms with E-state index in [1.807, 2.05) is 6.92 Å². The van der Waals surface area contributed by atoms with E-state index < -0.39 is 18.3 Å². The molecule has 1 aromatic carbocycles. The third-order valence-electron chi connectivity index (χ3n) is 3.67. The summed E-state index contributed by atoms with van der Waals surface area (Å²) in [5, 5.41) is 9.04. The van der Waals surface area contributed by atoms with E-state index in [1.54, 1.807) is 4.90 Å². The number of alkyl halides is 3. The van der Waals surface area contributed by atoms with Crippen LogP contribution in [0.15, 0.2) is 18.2 Å². The molecule has 1 fully saturated rings. The van der Waals surface area contributed by atoms with Crippen molar-refractivity contribution in [2.24, 2.45) is 0 Å². The van der Waals surface area contributed by atoms with Gasteiger partial charge < -0.3 is 14.7 Å². The minimum atomic E-state index is -4.43. The first kappa shape index (κ1) is 16.1. The van der Waals surface area contributed by atoms with Gasteiger partial charge in [-0.05, 0) is 37.5 Å². The number of aliphatic hydroxyl groups excluding tert-OH is 1. The Kier molecular flexibility index (Phi) is 5.11. The van der Waals surface area contributed by atoms with Gasteiger partial charge in [0.05, 0.1) is 18.3 Å². The molecule has 1 heterocycles. The highest BCUT2D eigenvalue weighted by Crippen LogP contribution is 2.38. The molecule has 0 radical (unpaired) electrons. The van der Waals surface area contributed by atoms with Gasteiger partial charge in [-0.1, -0.05) is 6.07 Å². The van der Waals surface area contributed by atoms with Crippen LogP contribution in [0.4, 0.5) is 18.9 Å². The lowest BCUT2D eigenvalue weighted by Crippen LogP contribution is -2.40. The Morgan fingerprint density at radius 3 is 2.76 bits per heavy atom. The maximum Gasteiger partial charge on any atom is 0.418 e. The minimum Gasteiger partial charge on any atom is -0.392 e. The standard InChI is InChI=1S/C15H20F3NO2/c1-2-21-12-4-3-7-19(9-12)14-6-5-11(10-20)8-13(14)15(16,17)18/h5-6,8,12,20H,2-4,7,9-10H2,1H3. The molecule has 0 spiro atoms. The number of rotatable bonds is 4. The van der Waals surface area contributed by atoms with Crippen molar-refractivity contribution in [2.75, 3.05) is 24.6 Å². The van der Waals surface area contributed by atoms with Crippen molar-refractivity contribution in [2.45, 2.75) is 38.7 Å². The summed E-state index contributed by atoms with van der Waals surface area (Å²) in [6, 6.07) is 4.01. The highest BCUT2D eigenvalue weighted by Gasteiger charge is 2.36. The smallest absolute Gasteiger partial charge is 0.392 e. The molecule has 1 atom stereocenters. The minimum absolute atomic E-state index is 0.0256. The van der Waals surface area contributed by atoms with Crippen molar-refractivity contribution >= 4 is 5.69 Å². The van der Waals surface area contributed by atoms with Gasteiger partial charge >= 0.3 is 6.18 Å². The van der Waals surface area contributed by atoms with Crippen molar-refractivity contribution in [3.8, 4) is 0 Å². The van der Waals surface area contributed by atoms with Crippen molar-refractivity contribution in [3.05, 3.63) is 29.3 Å². The van der Waals surface area contributed by atoms with E-state index in [9.17, 15) is 13.2 Å². The third-order valence-corrected chi connectivity index (χ3v) is 3.67. The second-order valence-electron chi connectivity index (χ2n) is 5.17. The monoisotopic (exact) mass is 303 g/mol. The lowest BCUT2D eigenvalue weighted by Gasteiger charge is -2.35. The summed E-state index contributed by atoms with van der Waals surface area (Å²) < 4.78 is 45.2. The van der Waals surface area contributed by atoms with Gasteiger partial charge in [-0.15, -0.1) is 0 Å². The zero-order valence-corrected chi connectivity index (χ0v) is 12.0. The van der Waals surface area contributed by atoms with Crippen molar-refractivity contribution < 1.29 is 23.0 Å². The maximum absolute atomic E-state index is 13.2. The molecule has 1 saturated heterocycles. The first-order valence-electron chi connectivity index (χ1n) is 7.13. The van der Waals surface area contributed by atoms with Crippen LogP contribution >= 0.6 is 0 Å². The van der Waals surface area contributed by atoms with Gasteiger partial charge in [0.25, 0.3) is 0 Å². The average Bonchev–Trinajstić information content (AvgIpc) is 2.46. The lowest BCUT2D eigenvalue weighted by molar-refractivity contribution is -0.137. The second kappa shape index (κ2) is 6.66. The normalized spacial score (nSPS) is 19.9. The first-order valence-corrected chi connectivity index (χ1v) is 7.13. The largest absolute Gasteiger partial charge is 0.418 e. The molecule has 1 N–H and O–H groups in total. The Morgan fingerprint density at radius 1 is 1.38 bits per heavy atom. The third kappa shape index (κ3) is 3.89. The van der Waals surface area contributed by atoms with Gasteiger partial charge in [0, 0.05) is 25.4 Å². The second-order valence-corrected chi connectivity index (χ2v) is 5.17. The van der Waals surface area contributed by atoms with Crippen molar-refractivity contribution in [3.63, 3.8) is 0 Å². The molecular formula is C15H20F3NO2. The number of nitrogens with zero attached hydrogens (tertiary/aromatic N) is 1. The van der Waals surface area contributed by atoms with Crippen molar-refractivity contribution in [1.82, 2.24) is 0 Å². The maximum atomic E-state index is 13.2. The number of anilines is 1.